The number of carbonyl (C=O) groups is 11. The molecule has 2 fully saturated rings. The maximum Gasteiger partial charge on any atom is 0.253 e. The lowest BCUT2D eigenvalue weighted by Crippen LogP contribution is -2.61. The van der Waals surface area contributed by atoms with Gasteiger partial charge in [0, 0.05) is 58.9 Å². The van der Waals surface area contributed by atoms with E-state index in [4.69, 9.17) is 68.8 Å². The first-order valence-corrected chi connectivity index (χ1v) is 41.4. The zero-order valence-electron chi connectivity index (χ0n) is 69.4. The average Bonchev–Trinajstić information content (AvgIpc) is 1.65. The van der Waals surface area contributed by atoms with Crippen molar-refractivity contribution in [1.29, 1.82) is 0 Å². The Morgan fingerprint density at radius 1 is 0.698 bits per heavy atom. The lowest BCUT2D eigenvalue weighted by atomic mass is 9.86. The number of para-hydroxylation sites is 1. The zero-order valence-corrected chi connectivity index (χ0v) is 71.0. The molecule has 9 heterocycles. The van der Waals surface area contributed by atoms with Crippen LogP contribution in [0.4, 0.5) is 0 Å². The van der Waals surface area contributed by atoms with Gasteiger partial charge in [-0.15, -0.1) is 0 Å². The van der Waals surface area contributed by atoms with Crippen LogP contribution >= 0.6 is 23.2 Å². The summed E-state index contributed by atoms with van der Waals surface area (Å²) in [7, 11) is 1.46. The maximum absolute atomic E-state index is 16.5. The monoisotopic (exact) mass is 1830 g/mol. The van der Waals surface area contributed by atoms with E-state index in [9.17, 15) is 69.9 Å². The van der Waals surface area contributed by atoms with Crippen molar-refractivity contribution in [3.63, 3.8) is 0 Å². The van der Waals surface area contributed by atoms with Gasteiger partial charge in [-0.1, -0.05) is 73.4 Å². The maximum atomic E-state index is 16.5. The number of aromatic amines is 2. The molecule has 7 aliphatic rings. The molecule has 2 aromatic heterocycles. The molecule has 42 nitrogen and oxygen atoms in total. The second-order valence-electron chi connectivity index (χ2n) is 32.5. The van der Waals surface area contributed by atoms with E-state index in [2.05, 4.69) is 68.1 Å². The number of amides is 11. The largest absolute Gasteiger partial charge is 0.508 e. The van der Waals surface area contributed by atoms with Gasteiger partial charge in [-0.2, -0.15) is 0 Å². The standard InChI is InChI=1S/C85H96Cl2N16O26/c1-33(2)16-49(91-5)77(117)102-66-68(110)36-11-14-54(45(86)18-36)125-56-21-38-22-57(73(56)129-84-71(113)70(112)69(111)58(31-104)127-84)126-55-15-12-37(19-46(55)87)72(128-61-27-85(4,90)74(114)34(3)124-61)67-83(123)101-65(81(121)98-60(109)30-94-76(116)50(23-40-29-92-32-95-40)96-75(115)47(88)20-39-28-93-48-9-7-6-8-42(39)48)44-24-41(105)25-53(107)62(44)43-17-35(10-13-52(43)106)63(79(119)103-67)100-80(120)64(38)99-78(118)51(26-59(89)108)97-82(66)122/h6-15,17-19,21-22,24-25,28-29,32-34,47,49-51,58,61,63-72,74,84,91,93,104-107,110-114H,16,20,23,26-27,30-31,88,90H2,1-5H3,(H2,89,108)(H,92,95)(H,94,116)(H,96,115)(H,97,122)(H,99,118)(H,100,120)(H,101,123)(H,102,117)(H,103,119)(H,98,109,121)/t34-,47-,49+,50-,51-,58+,61-,63+,64+,65+,66+,67?,68+,69+,70-,71+,72+,74-,84-,85-/m0/s1. The number of phenols is 3. The lowest BCUT2D eigenvalue weighted by Gasteiger charge is -2.44. The second-order valence-corrected chi connectivity index (χ2v) is 33.3. The van der Waals surface area contributed by atoms with E-state index in [1.807, 2.05) is 18.2 Å². The van der Waals surface area contributed by atoms with Crippen molar-refractivity contribution >= 4 is 99.1 Å². The molecule has 27 N–H and O–H groups in total. The van der Waals surface area contributed by atoms with Crippen LogP contribution in [0.1, 0.15) is 116 Å². The number of aromatic hydroxyl groups is 3. The topological polar surface area (TPSA) is 668 Å². The highest BCUT2D eigenvalue weighted by atomic mass is 35.5. The number of halogens is 2. The molecule has 6 aromatic carbocycles. The lowest BCUT2D eigenvalue weighted by molar-refractivity contribution is -0.277. The summed E-state index contributed by atoms with van der Waals surface area (Å²) in [5, 5.41) is 129. The number of ether oxygens (including phenoxy) is 6. The van der Waals surface area contributed by atoms with Gasteiger partial charge in [-0.05, 0) is 134 Å². The molecule has 2 saturated heterocycles. The molecule has 0 saturated carbocycles. The Morgan fingerprint density at radius 2 is 1.36 bits per heavy atom. The second kappa shape index (κ2) is 39.5. The van der Waals surface area contributed by atoms with Crippen LogP contribution < -0.4 is 84.6 Å². The van der Waals surface area contributed by atoms with Gasteiger partial charge in [0.25, 0.3) is 5.91 Å². The van der Waals surface area contributed by atoms with E-state index >= 15 is 28.8 Å². The third-order valence-electron chi connectivity index (χ3n) is 22.5. The molecule has 0 aliphatic carbocycles. The van der Waals surface area contributed by atoms with Crippen molar-refractivity contribution in [1.82, 2.24) is 68.1 Å². The Labute approximate surface area is 743 Å². The first kappa shape index (κ1) is 94.0. The number of nitrogens with zero attached hydrogens (tertiary/aromatic N) is 1. The number of phenolic OH excluding ortho intramolecular Hbond substituents is 3. The molecule has 129 heavy (non-hydrogen) atoms. The van der Waals surface area contributed by atoms with E-state index in [0.717, 1.165) is 77.6 Å². The minimum absolute atomic E-state index is 0.0125. The van der Waals surface area contributed by atoms with Gasteiger partial charge in [0.05, 0.1) is 65.9 Å². The van der Waals surface area contributed by atoms with E-state index < -0.39 is 290 Å². The molecule has 20 atom stereocenters. The quantitative estimate of drug-likeness (QED) is 0.0398. The number of likely N-dealkylation sites (N-methyl/N-ethyl adjacent to an activating group) is 1. The first-order chi connectivity index (χ1) is 61.3. The Morgan fingerprint density at radius 3 is 2.02 bits per heavy atom. The number of imidazole rings is 1. The number of hydrogen-bond acceptors (Lipinski definition) is 30. The van der Waals surface area contributed by atoms with Crippen LogP contribution in [-0.4, -0.2) is 237 Å². The van der Waals surface area contributed by atoms with Crippen molar-refractivity contribution in [3.05, 3.63) is 171 Å². The molecular formula is C85H96Cl2N16O26. The predicted molar refractivity (Wildman–Crippen MR) is 452 cm³/mol. The predicted octanol–water partition coefficient (Wildman–Crippen LogP) is -0.718. The van der Waals surface area contributed by atoms with E-state index in [1.54, 1.807) is 26.1 Å². The smallest absolute Gasteiger partial charge is 0.253 e. The SMILES string of the molecule is CN[C@H](CC(C)C)C(=O)N[C@H]1C(=O)N[C@@H](CC(N)=O)C(=O)N[C@H]2C(=O)N[C@H]3C(=O)NC(C(=O)N[C@@H](C(=O)NC(=O)CNC(=O)[C@H](Cc4c[nH]cn4)NC(=O)[C@@H](N)Cc4c[nH]c5ccccc45)c4cc(O)cc(O)c4-c4cc3ccc4O)[C@H](O[C@H]3C[C@](C)(N)[C@@H](O)[C@H](C)O3)c3ccc(c(Cl)c3)Oc3cc2cc(c3O[C@@H]2O[C@H](CO)[C@@H](O)[C@H](O)[C@H]2O)Oc2ccc(cc2Cl)[C@H]1O. The molecule has 11 bridgehead atoms. The highest BCUT2D eigenvalue weighted by molar-refractivity contribution is 6.32. The van der Waals surface area contributed by atoms with Crippen molar-refractivity contribution in [3.8, 4) is 57.1 Å². The van der Waals surface area contributed by atoms with Crippen LogP contribution in [0, 0.1) is 5.92 Å². The Balaban J connectivity index is 0.962. The minimum Gasteiger partial charge on any atom is -0.508 e. The minimum atomic E-state index is -2.42. The number of rotatable bonds is 22. The van der Waals surface area contributed by atoms with Gasteiger partial charge in [-0.3, -0.25) is 58.1 Å². The van der Waals surface area contributed by atoms with Crippen LogP contribution in [0.25, 0.3) is 22.0 Å². The van der Waals surface area contributed by atoms with Crippen LogP contribution in [0.2, 0.25) is 10.0 Å². The third kappa shape index (κ3) is 21.0. The van der Waals surface area contributed by atoms with Gasteiger partial charge >= 0.3 is 0 Å². The summed E-state index contributed by atoms with van der Waals surface area (Å²) in [6.45, 7) is 4.42. The summed E-state index contributed by atoms with van der Waals surface area (Å²) < 4.78 is 38.5. The highest BCUT2D eigenvalue weighted by Crippen LogP contribution is 2.50. The Bertz CT molecular complexity index is 5630. The van der Waals surface area contributed by atoms with Crippen molar-refractivity contribution in [2.45, 2.75) is 181 Å². The number of aliphatic hydroxyl groups is 6. The summed E-state index contributed by atoms with van der Waals surface area (Å²) in [6, 6.07) is 3.17. The summed E-state index contributed by atoms with van der Waals surface area (Å²) in [4.78, 5) is 176. The normalized spacial score (nSPS) is 26.0. The van der Waals surface area contributed by atoms with E-state index in [0.29, 0.717) is 5.56 Å². The molecule has 0 spiro atoms. The zero-order chi connectivity index (χ0) is 93.0. The number of aliphatic hydroxyl groups excluding tert-OH is 6. The molecule has 11 amide bonds. The first-order valence-electron chi connectivity index (χ1n) is 40.7. The third-order valence-corrected chi connectivity index (χ3v) is 23.1. The number of primary amides is 1. The van der Waals surface area contributed by atoms with Gasteiger partial charge in [0.2, 0.25) is 71.1 Å². The number of benzene rings is 6. The Kier molecular flexibility index (Phi) is 28.8. The average molecular weight is 1830 g/mol. The summed E-state index contributed by atoms with van der Waals surface area (Å²) in [6.07, 6.45) is -15.7. The summed E-state index contributed by atoms with van der Waals surface area (Å²) in [5.41, 5.74) is 15.9. The number of imide groups is 1. The molecule has 44 heteroatoms. The van der Waals surface area contributed by atoms with Crippen LogP contribution in [0.5, 0.6) is 46.0 Å². The molecule has 0 radical (unpaired) electrons. The van der Waals surface area contributed by atoms with Crippen LogP contribution in [0.3, 0.4) is 0 Å². The molecule has 7 aliphatic heterocycles. The fourth-order valence-corrected chi connectivity index (χ4v) is 16.2. The highest BCUT2D eigenvalue weighted by Gasteiger charge is 2.50. The van der Waals surface area contributed by atoms with Gasteiger partial charge in [0.15, 0.2) is 17.8 Å². The number of H-pyrrole nitrogens is 2. The summed E-state index contributed by atoms with van der Waals surface area (Å²) >= 11 is 14.4. The number of nitrogens with two attached hydrogens (primary N) is 3. The number of nitrogens with one attached hydrogen (secondary N) is 12. The van der Waals surface area contributed by atoms with E-state index in [-0.39, 0.29) is 47.8 Å². The Hall–Kier alpha value is -12.7. The molecular weight excluding hydrogens is 1730 g/mol. The number of fused-ring (bicyclic) bond motifs is 16. The van der Waals surface area contributed by atoms with Gasteiger partial charge in [0.1, 0.15) is 108 Å². The van der Waals surface area contributed by atoms with Crippen LogP contribution in [0.15, 0.2) is 122 Å². The fourth-order valence-electron chi connectivity index (χ4n) is 15.8. The van der Waals surface area contributed by atoms with Crippen molar-refractivity contribution < 1.29 is 127 Å². The van der Waals surface area contributed by atoms with E-state index in [1.165, 1.54) is 45.6 Å². The molecule has 8 aromatic rings. The van der Waals surface area contributed by atoms with Crippen molar-refractivity contribution in [2.24, 2.45) is 23.1 Å². The van der Waals surface area contributed by atoms with Gasteiger partial charge < -0.3 is 149 Å². The molecule has 686 valence electrons. The van der Waals surface area contributed by atoms with Crippen molar-refractivity contribution in [2.75, 3.05) is 20.2 Å². The number of carbonyl (C=O) groups excluding carboxylic acids is 11. The number of hydrogen-bond donors (Lipinski definition) is 24. The molecule has 15 rings (SSSR count). The molecule has 1 unspecified atom stereocenters. The summed E-state index contributed by atoms with van der Waals surface area (Å²) in [5.74, 6) is -19.7. The number of aromatic nitrogens is 3. The van der Waals surface area contributed by atoms with Gasteiger partial charge in [-0.25, -0.2) is 4.98 Å². The fraction of sp³-hybridized carbons (Fsp3) is 0.388. The van der Waals surface area contributed by atoms with Crippen LogP contribution in [-0.2, 0) is 79.8 Å².